The van der Waals surface area contributed by atoms with Gasteiger partial charge in [-0.15, -0.1) is 0 Å². The molecule has 0 heterocycles. The third-order valence-corrected chi connectivity index (χ3v) is 8.23. The van der Waals surface area contributed by atoms with E-state index in [9.17, 15) is 18.0 Å². The average molecular weight is 682 g/mol. The smallest absolute Gasteiger partial charge is 0.244 e. The Hall–Kier alpha value is -2.63. The topological polar surface area (TPSA) is 86.8 Å². The highest BCUT2D eigenvalue weighted by molar-refractivity contribution is 14.1. The summed E-state index contributed by atoms with van der Waals surface area (Å²) < 4.78 is 27.6. The van der Waals surface area contributed by atoms with Gasteiger partial charge in [0.2, 0.25) is 21.8 Å². The van der Waals surface area contributed by atoms with Gasteiger partial charge in [0.05, 0.1) is 11.9 Å². The highest BCUT2D eigenvalue weighted by Gasteiger charge is 2.33. The molecule has 7 nitrogen and oxygen atoms in total. The first-order chi connectivity index (χ1) is 18.6. The number of carbonyl (C=O) groups excluding carboxylic acids is 2. The number of unbranched alkanes of at least 4 members (excludes halogenated alkanes) is 1. The van der Waals surface area contributed by atoms with E-state index in [1.807, 2.05) is 43.3 Å². The number of benzene rings is 3. The van der Waals surface area contributed by atoms with Crippen molar-refractivity contribution < 1.29 is 18.0 Å². The van der Waals surface area contributed by atoms with Gasteiger partial charge < -0.3 is 10.2 Å². The Morgan fingerprint density at radius 2 is 1.64 bits per heavy atom. The van der Waals surface area contributed by atoms with Gasteiger partial charge in [0, 0.05) is 28.1 Å². The normalized spacial score (nSPS) is 12.0. The molecule has 3 aromatic rings. The summed E-state index contributed by atoms with van der Waals surface area (Å²) in [6.45, 7) is 2.15. The lowest BCUT2D eigenvalue weighted by atomic mass is 10.0. The molecule has 10 heteroatoms. The van der Waals surface area contributed by atoms with Crippen LogP contribution in [0.15, 0.2) is 78.9 Å². The SMILES string of the molecule is CCCCNC(=O)[C@H](Cc1ccccc1)N(Cc1cccc(Cl)c1)C(=O)CN(c1ccc(I)cc1)S(C)(=O)=O. The number of anilines is 1. The summed E-state index contributed by atoms with van der Waals surface area (Å²) in [5.74, 6) is -0.784. The second-order valence-corrected chi connectivity index (χ2v) is 12.8. The van der Waals surface area contributed by atoms with Crippen LogP contribution in [0, 0.1) is 3.57 Å². The fourth-order valence-corrected chi connectivity index (χ4v) is 5.54. The van der Waals surface area contributed by atoms with E-state index in [1.165, 1.54) is 4.90 Å². The van der Waals surface area contributed by atoms with E-state index in [4.69, 9.17) is 11.6 Å². The van der Waals surface area contributed by atoms with Crippen LogP contribution in [0.1, 0.15) is 30.9 Å². The van der Waals surface area contributed by atoms with Crippen LogP contribution in [0.4, 0.5) is 5.69 Å². The van der Waals surface area contributed by atoms with Crippen molar-refractivity contribution in [2.24, 2.45) is 0 Å². The maximum Gasteiger partial charge on any atom is 0.244 e. The lowest BCUT2D eigenvalue weighted by Crippen LogP contribution is -2.53. The molecular formula is C29H33ClIN3O4S. The van der Waals surface area contributed by atoms with Gasteiger partial charge in [-0.3, -0.25) is 13.9 Å². The van der Waals surface area contributed by atoms with Crippen molar-refractivity contribution in [1.82, 2.24) is 10.2 Å². The lowest BCUT2D eigenvalue weighted by Gasteiger charge is -2.33. The quantitative estimate of drug-likeness (QED) is 0.197. The number of nitrogens with one attached hydrogen (secondary N) is 1. The number of sulfonamides is 1. The van der Waals surface area contributed by atoms with Gasteiger partial charge in [-0.1, -0.05) is 67.4 Å². The zero-order valence-electron chi connectivity index (χ0n) is 22.0. The maximum atomic E-state index is 14.0. The van der Waals surface area contributed by atoms with Crippen LogP contribution < -0.4 is 9.62 Å². The Morgan fingerprint density at radius 3 is 2.26 bits per heavy atom. The molecule has 3 rings (SSSR count). The largest absolute Gasteiger partial charge is 0.354 e. The number of nitrogens with zero attached hydrogens (tertiary/aromatic N) is 2. The van der Waals surface area contributed by atoms with E-state index >= 15 is 0 Å². The molecular weight excluding hydrogens is 649 g/mol. The molecule has 0 fully saturated rings. The van der Waals surface area contributed by atoms with Crippen molar-refractivity contribution >= 4 is 61.7 Å². The Labute approximate surface area is 249 Å². The van der Waals surface area contributed by atoms with Crippen molar-refractivity contribution in [3.05, 3.63) is 98.6 Å². The summed E-state index contributed by atoms with van der Waals surface area (Å²) in [4.78, 5) is 29.0. The zero-order chi connectivity index (χ0) is 28.4. The molecule has 0 aliphatic heterocycles. The van der Waals surface area contributed by atoms with Gasteiger partial charge >= 0.3 is 0 Å². The van der Waals surface area contributed by atoms with E-state index in [0.29, 0.717) is 17.3 Å². The lowest BCUT2D eigenvalue weighted by molar-refractivity contribution is -0.140. The Bertz CT molecular complexity index is 1350. The first kappa shape index (κ1) is 30.9. The molecule has 0 saturated carbocycles. The summed E-state index contributed by atoms with van der Waals surface area (Å²) in [7, 11) is -3.80. The van der Waals surface area contributed by atoms with Gasteiger partial charge in [-0.05, 0) is 76.5 Å². The number of hydrogen-bond acceptors (Lipinski definition) is 4. The van der Waals surface area contributed by atoms with E-state index < -0.39 is 28.5 Å². The molecule has 0 aliphatic rings. The second-order valence-electron chi connectivity index (χ2n) is 9.25. The predicted octanol–water partition coefficient (Wildman–Crippen LogP) is 5.27. The van der Waals surface area contributed by atoms with Gasteiger partial charge in [0.15, 0.2) is 0 Å². The highest BCUT2D eigenvalue weighted by atomic mass is 127. The van der Waals surface area contributed by atoms with Crippen LogP contribution >= 0.6 is 34.2 Å². The fraction of sp³-hybridized carbons (Fsp3) is 0.310. The molecule has 0 unspecified atom stereocenters. The van der Waals surface area contributed by atoms with Gasteiger partial charge in [-0.2, -0.15) is 0 Å². The van der Waals surface area contributed by atoms with Crippen molar-refractivity contribution in [3.63, 3.8) is 0 Å². The predicted molar refractivity (Wildman–Crippen MR) is 165 cm³/mol. The van der Waals surface area contributed by atoms with Crippen LogP contribution in [-0.2, 0) is 32.6 Å². The third kappa shape index (κ3) is 9.51. The third-order valence-electron chi connectivity index (χ3n) is 6.14. The van der Waals surface area contributed by atoms with E-state index in [0.717, 1.165) is 38.1 Å². The zero-order valence-corrected chi connectivity index (χ0v) is 25.7. The van der Waals surface area contributed by atoms with Crippen LogP contribution in [0.3, 0.4) is 0 Å². The van der Waals surface area contributed by atoms with Crippen LogP contribution in [0.25, 0.3) is 0 Å². The summed E-state index contributed by atoms with van der Waals surface area (Å²) in [5, 5.41) is 3.47. The minimum atomic E-state index is -3.80. The fourth-order valence-electron chi connectivity index (χ4n) is 4.11. The highest BCUT2D eigenvalue weighted by Crippen LogP contribution is 2.22. The van der Waals surface area contributed by atoms with Crippen LogP contribution in [0.2, 0.25) is 5.02 Å². The molecule has 39 heavy (non-hydrogen) atoms. The second kappa shape index (κ2) is 14.7. The van der Waals surface area contributed by atoms with Gasteiger partial charge in [0.25, 0.3) is 0 Å². The Morgan fingerprint density at radius 1 is 0.974 bits per heavy atom. The van der Waals surface area contributed by atoms with Gasteiger partial charge in [-0.25, -0.2) is 8.42 Å². The summed E-state index contributed by atoms with van der Waals surface area (Å²) >= 11 is 8.36. The Kier molecular flexibility index (Phi) is 11.6. The summed E-state index contributed by atoms with van der Waals surface area (Å²) in [5.41, 5.74) is 1.99. The molecule has 3 aromatic carbocycles. The molecule has 208 valence electrons. The molecule has 1 N–H and O–H groups in total. The van der Waals surface area contributed by atoms with E-state index in [-0.39, 0.29) is 18.9 Å². The van der Waals surface area contributed by atoms with Gasteiger partial charge in [0.1, 0.15) is 12.6 Å². The van der Waals surface area contributed by atoms with E-state index in [2.05, 4.69) is 27.9 Å². The standard InChI is InChI=1S/C29H33ClIN3O4S/c1-3-4-17-32-29(36)27(19-22-9-6-5-7-10-22)33(20-23-11-8-12-24(30)18-23)28(35)21-34(39(2,37)38)26-15-13-25(31)14-16-26/h5-16,18,27H,3-4,17,19-21H2,1-2H3,(H,32,36)/t27-/m0/s1. The average Bonchev–Trinajstić information content (AvgIpc) is 2.90. The summed E-state index contributed by atoms with van der Waals surface area (Å²) in [6, 6.07) is 22.6. The van der Waals surface area contributed by atoms with E-state index in [1.54, 1.807) is 42.5 Å². The molecule has 0 aromatic heterocycles. The molecule has 2 amide bonds. The first-order valence-electron chi connectivity index (χ1n) is 12.7. The molecule has 1 atom stereocenters. The first-order valence-corrected chi connectivity index (χ1v) is 16.0. The molecule has 0 bridgehead atoms. The molecule has 0 spiro atoms. The van der Waals surface area contributed by atoms with Crippen molar-refractivity contribution in [2.45, 2.75) is 38.8 Å². The molecule has 0 radical (unpaired) electrons. The number of halogens is 2. The number of carbonyl (C=O) groups is 2. The number of rotatable bonds is 13. The minimum Gasteiger partial charge on any atom is -0.354 e. The van der Waals surface area contributed by atoms with Crippen molar-refractivity contribution in [1.29, 1.82) is 0 Å². The number of hydrogen-bond donors (Lipinski definition) is 1. The Balaban J connectivity index is 2.02. The van der Waals surface area contributed by atoms with Crippen molar-refractivity contribution in [2.75, 3.05) is 23.7 Å². The monoisotopic (exact) mass is 681 g/mol. The van der Waals surface area contributed by atoms with Crippen LogP contribution in [-0.4, -0.2) is 50.5 Å². The molecule has 0 aliphatic carbocycles. The minimum absolute atomic E-state index is 0.0857. The number of amides is 2. The summed E-state index contributed by atoms with van der Waals surface area (Å²) in [6.07, 6.45) is 3.06. The maximum absolute atomic E-state index is 14.0. The van der Waals surface area contributed by atoms with Crippen molar-refractivity contribution in [3.8, 4) is 0 Å². The molecule has 0 saturated heterocycles. The van der Waals surface area contributed by atoms with Crippen LogP contribution in [0.5, 0.6) is 0 Å².